The predicted octanol–water partition coefficient (Wildman–Crippen LogP) is 1.64. The Morgan fingerprint density at radius 1 is 1.37 bits per heavy atom. The van der Waals surface area contributed by atoms with Gasteiger partial charge in [-0.05, 0) is 38.2 Å². The maximum absolute atomic E-state index is 15.0. The summed E-state index contributed by atoms with van der Waals surface area (Å²) in [6, 6.07) is 0.940. The van der Waals surface area contributed by atoms with Gasteiger partial charge in [0.05, 0.1) is 5.39 Å². The Kier molecular flexibility index (Phi) is 4.41. The molecule has 1 aliphatic heterocycles. The van der Waals surface area contributed by atoms with Gasteiger partial charge in [-0.15, -0.1) is 0 Å². The fraction of sp³-hybridized carbons (Fsp3) is 0.556. The third-order valence-corrected chi connectivity index (χ3v) is 5.50. The van der Waals surface area contributed by atoms with Crippen LogP contribution in [-0.4, -0.2) is 35.5 Å². The lowest BCUT2D eigenvalue weighted by atomic mass is 10.0. The summed E-state index contributed by atoms with van der Waals surface area (Å²) in [4.78, 5) is 28.6. The Hall–Kier alpha value is -2.42. The molecule has 2 aromatic rings. The van der Waals surface area contributed by atoms with Crippen LogP contribution in [0.25, 0.3) is 10.9 Å². The molecule has 4 rings (SSSR count). The zero-order valence-electron chi connectivity index (χ0n) is 15.0. The van der Waals surface area contributed by atoms with Crippen LogP contribution >= 0.6 is 0 Å². The molecule has 0 unspecified atom stereocenters. The van der Waals surface area contributed by atoms with Crippen LogP contribution in [0.1, 0.15) is 32.2 Å². The number of hydrogen-bond acceptors (Lipinski definition) is 5. The number of fused-ring (bicyclic) bond motifs is 1. The molecule has 146 valence electrons. The lowest BCUT2D eigenvalue weighted by molar-refractivity contribution is 0.193. The fourth-order valence-electron chi connectivity index (χ4n) is 3.93. The van der Waals surface area contributed by atoms with Gasteiger partial charge in [0.2, 0.25) is 6.86 Å². The first-order chi connectivity index (χ1) is 12.9. The van der Waals surface area contributed by atoms with Gasteiger partial charge in [0.1, 0.15) is 11.2 Å². The maximum atomic E-state index is 15.0. The maximum Gasteiger partial charge on any atom is 0.329 e. The minimum absolute atomic E-state index is 0.0193. The molecular formula is C18H22F2N4O3. The van der Waals surface area contributed by atoms with Gasteiger partial charge in [0, 0.05) is 25.2 Å². The van der Waals surface area contributed by atoms with Gasteiger partial charge >= 0.3 is 5.69 Å². The average Bonchev–Trinajstić information content (AvgIpc) is 3.32. The number of aromatic nitrogens is 2. The average molecular weight is 380 g/mol. The number of anilines is 1. The highest BCUT2D eigenvalue weighted by molar-refractivity contribution is 5.91. The van der Waals surface area contributed by atoms with E-state index in [1.54, 1.807) is 4.90 Å². The number of hydrogen-bond donors (Lipinski definition) is 2. The highest BCUT2D eigenvalue weighted by Gasteiger charge is 2.34. The quantitative estimate of drug-likeness (QED) is 0.823. The molecule has 2 aliphatic rings. The first kappa shape index (κ1) is 18.0. The Labute approximate surface area is 153 Å². The van der Waals surface area contributed by atoms with E-state index in [2.05, 4.69) is 4.98 Å². The summed E-state index contributed by atoms with van der Waals surface area (Å²) in [5.74, 6) is -0.598. The van der Waals surface area contributed by atoms with Crippen LogP contribution in [0.3, 0.4) is 0 Å². The number of nitrogens with one attached hydrogen (secondary N) is 1. The van der Waals surface area contributed by atoms with Crippen LogP contribution in [0.5, 0.6) is 5.75 Å². The summed E-state index contributed by atoms with van der Waals surface area (Å²) in [5, 5.41) is -0.0193. The number of alkyl halides is 1. The lowest BCUT2D eigenvalue weighted by Crippen LogP contribution is -2.32. The van der Waals surface area contributed by atoms with E-state index in [0.717, 1.165) is 25.3 Å². The van der Waals surface area contributed by atoms with E-state index in [-0.39, 0.29) is 40.3 Å². The third-order valence-electron chi connectivity index (χ3n) is 5.50. The summed E-state index contributed by atoms with van der Waals surface area (Å²) in [7, 11) is 0. The topological polar surface area (TPSA) is 93.4 Å². The number of rotatable bonds is 5. The molecule has 0 spiro atoms. The minimum Gasteiger partial charge on any atom is -0.458 e. The molecule has 2 heterocycles. The van der Waals surface area contributed by atoms with Crippen molar-refractivity contribution in [3.63, 3.8) is 0 Å². The normalized spacial score (nSPS) is 21.0. The minimum atomic E-state index is -1.19. The Morgan fingerprint density at radius 2 is 2.11 bits per heavy atom. The third kappa shape index (κ3) is 2.99. The van der Waals surface area contributed by atoms with Crippen LogP contribution in [-0.2, 0) is 0 Å². The summed E-state index contributed by atoms with van der Waals surface area (Å²) in [6.07, 6.45) is 2.30. The van der Waals surface area contributed by atoms with Crippen LogP contribution < -0.4 is 26.6 Å². The molecule has 0 radical (unpaired) electrons. The van der Waals surface area contributed by atoms with E-state index in [1.165, 1.54) is 4.57 Å². The first-order valence-electron chi connectivity index (χ1n) is 9.12. The zero-order valence-corrected chi connectivity index (χ0v) is 15.0. The van der Waals surface area contributed by atoms with Gasteiger partial charge in [-0.3, -0.25) is 14.3 Å². The standard InChI is InChI=1S/C18H22F2N4O3/c1-9(21)10-4-5-23(7-10)15-13(20)6-12-14(16(15)27-8-19)24(11-2-3-11)18(26)22-17(12)25/h6,9-11H,2-5,7-8,21H2,1H3,(H,22,25,26)/t9-,10+/m1/s1. The van der Waals surface area contributed by atoms with Gasteiger partial charge in [0.15, 0.2) is 11.6 Å². The zero-order chi connectivity index (χ0) is 19.3. The largest absolute Gasteiger partial charge is 0.458 e. The first-order valence-corrected chi connectivity index (χ1v) is 9.12. The summed E-state index contributed by atoms with van der Waals surface area (Å²) in [6.45, 7) is 1.74. The van der Waals surface area contributed by atoms with Gasteiger partial charge in [-0.2, -0.15) is 0 Å². The van der Waals surface area contributed by atoms with E-state index in [0.29, 0.717) is 13.1 Å². The van der Waals surface area contributed by atoms with E-state index < -0.39 is 23.9 Å². The second-order valence-corrected chi connectivity index (χ2v) is 7.40. The van der Waals surface area contributed by atoms with Crippen molar-refractivity contribution in [1.29, 1.82) is 0 Å². The molecule has 9 heteroatoms. The molecule has 0 amide bonds. The number of H-pyrrole nitrogens is 1. The number of halogens is 2. The van der Waals surface area contributed by atoms with Crippen molar-refractivity contribution < 1.29 is 13.5 Å². The molecule has 0 bridgehead atoms. The number of benzene rings is 1. The highest BCUT2D eigenvalue weighted by Crippen LogP contribution is 2.43. The van der Waals surface area contributed by atoms with Crippen molar-refractivity contribution in [1.82, 2.24) is 9.55 Å². The van der Waals surface area contributed by atoms with E-state index in [1.807, 2.05) is 6.92 Å². The molecule has 7 nitrogen and oxygen atoms in total. The lowest BCUT2D eigenvalue weighted by Gasteiger charge is -2.25. The van der Waals surface area contributed by atoms with Crippen molar-refractivity contribution in [2.24, 2.45) is 11.7 Å². The number of nitrogens with zero attached hydrogens (tertiary/aromatic N) is 2. The molecule has 3 N–H and O–H groups in total. The Bertz CT molecular complexity index is 997. The molecule has 1 aromatic heterocycles. The molecule has 27 heavy (non-hydrogen) atoms. The Balaban J connectivity index is 1.98. The molecule has 1 aromatic carbocycles. The smallest absolute Gasteiger partial charge is 0.329 e. The van der Waals surface area contributed by atoms with Gasteiger partial charge in [-0.1, -0.05) is 0 Å². The summed E-state index contributed by atoms with van der Waals surface area (Å²) >= 11 is 0. The number of ether oxygens (including phenoxy) is 1. The summed E-state index contributed by atoms with van der Waals surface area (Å²) in [5.41, 5.74) is 4.91. The fourth-order valence-corrected chi connectivity index (χ4v) is 3.93. The van der Waals surface area contributed by atoms with E-state index >= 15 is 0 Å². The number of aromatic amines is 1. The van der Waals surface area contributed by atoms with Crippen LogP contribution in [0.4, 0.5) is 14.5 Å². The van der Waals surface area contributed by atoms with Crippen molar-refractivity contribution in [2.75, 3.05) is 24.9 Å². The second-order valence-electron chi connectivity index (χ2n) is 7.40. The van der Waals surface area contributed by atoms with Crippen LogP contribution in [0.2, 0.25) is 0 Å². The van der Waals surface area contributed by atoms with Crippen LogP contribution in [0, 0.1) is 11.7 Å². The van der Waals surface area contributed by atoms with Crippen molar-refractivity contribution in [2.45, 2.75) is 38.3 Å². The summed E-state index contributed by atoms with van der Waals surface area (Å²) < 4.78 is 34.8. The SMILES string of the molecule is C[C@@H](N)[C@H]1CCN(c2c(F)cc3c(=O)[nH]c(=O)n(C4CC4)c3c2OCF)C1. The van der Waals surface area contributed by atoms with Crippen molar-refractivity contribution in [3.05, 3.63) is 32.7 Å². The second kappa shape index (κ2) is 6.63. The van der Waals surface area contributed by atoms with E-state index in [9.17, 15) is 18.4 Å². The number of nitrogens with two attached hydrogens (primary N) is 1. The van der Waals surface area contributed by atoms with Gasteiger partial charge in [-0.25, -0.2) is 13.6 Å². The monoisotopic (exact) mass is 380 g/mol. The van der Waals surface area contributed by atoms with Gasteiger partial charge < -0.3 is 15.4 Å². The van der Waals surface area contributed by atoms with Crippen LogP contribution in [0.15, 0.2) is 15.7 Å². The van der Waals surface area contributed by atoms with E-state index in [4.69, 9.17) is 10.5 Å². The highest BCUT2D eigenvalue weighted by atomic mass is 19.1. The Morgan fingerprint density at radius 3 is 2.70 bits per heavy atom. The van der Waals surface area contributed by atoms with Crippen molar-refractivity contribution >= 4 is 16.6 Å². The molecule has 2 atom stereocenters. The van der Waals surface area contributed by atoms with Crippen molar-refractivity contribution in [3.8, 4) is 5.75 Å². The molecular weight excluding hydrogens is 358 g/mol. The van der Waals surface area contributed by atoms with Gasteiger partial charge in [0.25, 0.3) is 5.56 Å². The predicted molar refractivity (Wildman–Crippen MR) is 97.6 cm³/mol. The molecule has 1 saturated heterocycles. The molecule has 1 aliphatic carbocycles. The molecule has 2 fully saturated rings. The molecule has 1 saturated carbocycles.